The Morgan fingerprint density at radius 3 is 2.71 bits per heavy atom. The summed E-state index contributed by atoms with van der Waals surface area (Å²) in [6.07, 6.45) is 6.78. The van der Waals surface area contributed by atoms with Gasteiger partial charge in [-0.1, -0.05) is 6.92 Å². The van der Waals surface area contributed by atoms with Gasteiger partial charge in [0, 0.05) is 24.0 Å². The number of thiazole rings is 1. The fourth-order valence-corrected chi connectivity index (χ4v) is 3.37. The Morgan fingerprint density at radius 1 is 1.41 bits per heavy atom. The lowest BCUT2D eigenvalue weighted by molar-refractivity contribution is 0.169. The van der Waals surface area contributed by atoms with E-state index in [4.69, 9.17) is 4.98 Å². The fourth-order valence-electron chi connectivity index (χ4n) is 2.63. The van der Waals surface area contributed by atoms with Crippen LogP contribution in [-0.4, -0.2) is 22.0 Å². The zero-order valence-electron chi connectivity index (χ0n) is 10.9. The molecule has 1 aromatic rings. The first kappa shape index (κ1) is 11.7. The standard InChI is InChI=1S/C14H22N2S/c1-3-14-15-12(9-17-14)8-16(13-6-7-13)10(2)11-4-5-11/h9-11,13H,3-8H2,1-2H3/t10-/m1/s1. The van der Waals surface area contributed by atoms with Crippen molar-refractivity contribution in [3.63, 3.8) is 0 Å². The van der Waals surface area contributed by atoms with Crippen LogP contribution in [0.2, 0.25) is 0 Å². The Labute approximate surface area is 108 Å². The molecule has 2 nitrogen and oxygen atoms in total. The first-order chi connectivity index (χ1) is 8.28. The second kappa shape index (κ2) is 4.69. The number of aryl methyl sites for hydroxylation is 1. The average molecular weight is 250 g/mol. The molecule has 3 rings (SSSR count). The molecule has 0 bridgehead atoms. The monoisotopic (exact) mass is 250 g/mol. The molecule has 0 saturated heterocycles. The Balaban J connectivity index is 1.66. The normalized spacial score (nSPS) is 22.1. The molecular weight excluding hydrogens is 228 g/mol. The molecule has 2 aliphatic rings. The minimum atomic E-state index is 0.772. The lowest BCUT2D eigenvalue weighted by Gasteiger charge is -2.28. The van der Waals surface area contributed by atoms with E-state index in [1.807, 2.05) is 11.3 Å². The van der Waals surface area contributed by atoms with Crippen LogP contribution in [0, 0.1) is 5.92 Å². The smallest absolute Gasteiger partial charge is 0.0926 e. The van der Waals surface area contributed by atoms with Crippen molar-refractivity contribution in [3.05, 3.63) is 16.1 Å². The largest absolute Gasteiger partial charge is 0.292 e. The average Bonchev–Trinajstić information content (AvgIpc) is 3.22. The molecule has 2 aliphatic carbocycles. The van der Waals surface area contributed by atoms with Gasteiger partial charge in [0.05, 0.1) is 10.7 Å². The maximum atomic E-state index is 4.72. The van der Waals surface area contributed by atoms with Crippen molar-refractivity contribution in [3.8, 4) is 0 Å². The van der Waals surface area contributed by atoms with Crippen molar-refractivity contribution >= 4 is 11.3 Å². The molecule has 0 spiro atoms. The maximum Gasteiger partial charge on any atom is 0.0926 e. The van der Waals surface area contributed by atoms with Crippen molar-refractivity contribution < 1.29 is 0 Å². The molecule has 3 heteroatoms. The summed E-state index contributed by atoms with van der Waals surface area (Å²) in [5, 5.41) is 3.54. The van der Waals surface area contributed by atoms with E-state index in [1.54, 1.807) is 0 Å². The number of hydrogen-bond acceptors (Lipinski definition) is 3. The van der Waals surface area contributed by atoms with Gasteiger partial charge in [-0.15, -0.1) is 11.3 Å². The lowest BCUT2D eigenvalue weighted by atomic mass is 10.1. The van der Waals surface area contributed by atoms with Gasteiger partial charge >= 0.3 is 0 Å². The number of nitrogens with zero attached hydrogens (tertiary/aromatic N) is 2. The molecular formula is C14H22N2S. The number of hydrogen-bond donors (Lipinski definition) is 0. The van der Waals surface area contributed by atoms with Crippen molar-refractivity contribution in [1.82, 2.24) is 9.88 Å². The summed E-state index contributed by atoms with van der Waals surface area (Å²) in [5.74, 6) is 0.972. The van der Waals surface area contributed by atoms with Crippen LogP contribution in [0.3, 0.4) is 0 Å². The third-order valence-electron chi connectivity index (χ3n) is 4.09. The summed E-state index contributed by atoms with van der Waals surface area (Å²) in [6.45, 7) is 5.69. The van der Waals surface area contributed by atoms with Crippen LogP contribution in [0.15, 0.2) is 5.38 Å². The number of aromatic nitrogens is 1. The van der Waals surface area contributed by atoms with Gasteiger partial charge < -0.3 is 0 Å². The van der Waals surface area contributed by atoms with Gasteiger partial charge in [0.15, 0.2) is 0 Å². The van der Waals surface area contributed by atoms with Gasteiger partial charge in [0.25, 0.3) is 0 Å². The molecule has 2 fully saturated rings. The lowest BCUT2D eigenvalue weighted by Crippen LogP contribution is -2.36. The summed E-state index contributed by atoms with van der Waals surface area (Å²) >= 11 is 1.82. The molecule has 0 N–H and O–H groups in total. The van der Waals surface area contributed by atoms with Crippen LogP contribution in [0.5, 0.6) is 0 Å². The second-order valence-electron chi connectivity index (χ2n) is 5.57. The van der Waals surface area contributed by atoms with Gasteiger partial charge in [0.2, 0.25) is 0 Å². The molecule has 1 aromatic heterocycles. The summed E-state index contributed by atoms with van der Waals surface area (Å²) in [6, 6.07) is 1.63. The molecule has 0 aliphatic heterocycles. The highest BCUT2D eigenvalue weighted by Gasteiger charge is 2.39. The van der Waals surface area contributed by atoms with Gasteiger partial charge in [-0.25, -0.2) is 4.98 Å². The van der Waals surface area contributed by atoms with Crippen molar-refractivity contribution in [1.29, 1.82) is 0 Å². The summed E-state index contributed by atoms with van der Waals surface area (Å²) in [7, 11) is 0. The van der Waals surface area contributed by atoms with E-state index in [-0.39, 0.29) is 0 Å². The van der Waals surface area contributed by atoms with Crippen LogP contribution in [0.4, 0.5) is 0 Å². The Hall–Kier alpha value is -0.410. The first-order valence-electron chi connectivity index (χ1n) is 6.97. The highest BCUT2D eigenvalue weighted by molar-refractivity contribution is 7.09. The van der Waals surface area contributed by atoms with Crippen LogP contribution in [-0.2, 0) is 13.0 Å². The molecule has 1 heterocycles. The Kier molecular flexibility index (Phi) is 3.22. The summed E-state index contributed by atoms with van der Waals surface area (Å²) < 4.78 is 0. The molecule has 0 amide bonds. The van der Waals surface area contributed by atoms with E-state index in [0.29, 0.717) is 0 Å². The number of rotatable bonds is 6. The van der Waals surface area contributed by atoms with Crippen LogP contribution in [0.1, 0.15) is 50.2 Å². The minimum absolute atomic E-state index is 0.772. The molecule has 1 atom stereocenters. The molecule has 0 unspecified atom stereocenters. The topological polar surface area (TPSA) is 16.1 Å². The van der Waals surface area contributed by atoms with Crippen molar-refractivity contribution in [2.75, 3.05) is 0 Å². The SMILES string of the molecule is CCc1nc(CN(C2CC2)[C@H](C)C2CC2)cs1. The maximum absolute atomic E-state index is 4.72. The third kappa shape index (κ3) is 2.71. The van der Waals surface area contributed by atoms with Crippen LogP contribution < -0.4 is 0 Å². The van der Waals surface area contributed by atoms with Crippen molar-refractivity contribution in [2.24, 2.45) is 5.92 Å². The van der Waals surface area contributed by atoms with E-state index < -0.39 is 0 Å². The predicted octanol–water partition coefficient (Wildman–Crippen LogP) is 3.47. The summed E-state index contributed by atoms with van der Waals surface area (Å²) in [5.41, 5.74) is 1.30. The quantitative estimate of drug-likeness (QED) is 0.768. The molecule has 17 heavy (non-hydrogen) atoms. The minimum Gasteiger partial charge on any atom is -0.292 e. The predicted molar refractivity (Wildman–Crippen MR) is 72.2 cm³/mol. The molecule has 0 radical (unpaired) electrons. The van der Waals surface area contributed by atoms with Gasteiger partial charge in [-0.2, -0.15) is 0 Å². The molecule has 0 aromatic carbocycles. The molecule has 94 valence electrons. The fraction of sp³-hybridized carbons (Fsp3) is 0.786. The Bertz CT molecular complexity index is 379. The highest BCUT2D eigenvalue weighted by atomic mass is 32.1. The second-order valence-corrected chi connectivity index (χ2v) is 6.51. The van der Waals surface area contributed by atoms with Crippen molar-refractivity contribution in [2.45, 2.75) is 64.6 Å². The summed E-state index contributed by atoms with van der Waals surface area (Å²) in [4.78, 5) is 7.43. The zero-order chi connectivity index (χ0) is 11.8. The van der Waals surface area contributed by atoms with E-state index in [1.165, 1.54) is 36.4 Å². The van der Waals surface area contributed by atoms with E-state index >= 15 is 0 Å². The van der Waals surface area contributed by atoms with Crippen LogP contribution >= 0.6 is 11.3 Å². The van der Waals surface area contributed by atoms with E-state index in [0.717, 1.165) is 31.0 Å². The molecule has 2 saturated carbocycles. The van der Waals surface area contributed by atoms with E-state index in [2.05, 4.69) is 24.1 Å². The first-order valence-corrected chi connectivity index (χ1v) is 7.85. The van der Waals surface area contributed by atoms with Gasteiger partial charge in [0.1, 0.15) is 0 Å². The van der Waals surface area contributed by atoms with Crippen LogP contribution in [0.25, 0.3) is 0 Å². The van der Waals surface area contributed by atoms with Gasteiger partial charge in [-0.3, -0.25) is 4.90 Å². The van der Waals surface area contributed by atoms with Gasteiger partial charge in [-0.05, 0) is 44.9 Å². The Morgan fingerprint density at radius 2 is 2.18 bits per heavy atom. The zero-order valence-corrected chi connectivity index (χ0v) is 11.7. The highest BCUT2D eigenvalue weighted by Crippen LogP contribution is 2.40. The van der Waals surface area contributed by atoms with E-state index in [9.17, 15) is 0 Å². The third-order valence-corrected chi connectivity index (χ3v) is 5.13.